The number of halogens is 1. The maximum Gasteiger partial charge on any atom is 0.254 e. The Morgan fingerprint density at radius 3 is 2.62 bits per heavy atom. The van der Waals surface area contributed by atoms with Gasteiger partial charge in [0.15, 0.2) is 0 Å². The van der Waals surface area contributed by atoms with Crippen LogP contribution in [-0.2, 0) is 17.6 Å². The van der Waals surface area contributed by atoms with Gasteiger partial charge >= 0.3 is 0 Å². The maximum atomic E-state index is 13.1. The first-order valence-electron chi connectivity index (χ1n) is 8.95. The smallest absolute Gasteiger partial charge is 0.254 e. The predicted molar refractivity (Wildman–Crippen MR) is 104 cm³/mol. The number of benzene rings is 2. The maximum absolute atomic E-state index is 13.1. The van der Waals surface area contributed by atoms with Gasteiger partial charge < -0.3 is 0 Å². The number of rotatable bonds is 4. The Labute approximate surface area is 158 Å². The second kappa shape index (κ2) is 6.76. The Balaban J connectivity index is 1.61. The van der Waals surface area contributed by atoms with E-state index in [9.17, 15) is 4.79 Å². The summed E-state index contributed by atoms with van der Waals surface area (Å²) in [6.07, 6.45) is 2.39. The number of carbonyl (C=O) groups excluding carboxylic acids is 1. The van der Waals surface area contributed by atoms with Gasteiger partial charge in [-0.3, -0.25) is 20.2 Å². The summed E-state index contributed by atoms with van der Waals surface area (Å²) < 4.78 is 0. The molecule has 5 heteroatoms. The van der Waals surface area contributed by atoms with Crippen LogP contribution in [-0.4, -0.2) is 30.3 Å². The van der Waals surface area contributed by atoms with Gasteiger partial charge in [0.2, 0.25) is 0 Å². The molecule has 1 fully saturated rings. The van der Waals surface area contributed by atoms with Crippen molar-refractivity contribution >= 4 is 23.3 Å². The second-order valence-corrected chi connectivity index (χ2v) is 7.75. The summed E-state index contributed by atoms with van der Waals surface area (Å²) in [7, 11) is 1.78. The molecule has 0 radical (unpaired) electrons. The first-order valence-corrected chi connectivity index (χ1v) is 9.33. The van der Waals surface area contributed by atoms with Gasteiger partial charge in [-0.05, 0) is 48.4 Å². The minimum atomic E-state index is -0.578. The van der Waals surface area contributed by atoms with E-state index in [1.165, 1.54) is 5.56 Å². The molecule has 2 aliphatic rings. The highest BCUT2D eigenvalue weighted by atomic mass is 35.5. The summed E-state index contributed by atoms with van der Waals surface area (Å²) in [5, 5.41) is 2.34. The molecular formula is C21H22ClN3O. The van der Waals surface area contributed by atoms with Crippen LogP contribution in [0, 0.1) is 11.3 Å². The van der Waals surface area contributed by atoms with E-state index >= 15 is 0 Å². The number of hydrogen-bond acceptors (Lipinski definition) is 3. The topological polar surface area (TPSA) is 44.7 Å². The van der Waals surface area contributed by atoms with E-state index in [0.29, 0.717) is 12.3 Å². The molecule has 1 N–H and O–H groups in total. The number of amides is 1. The summed E-state index contributed by atoms with van der Waals surface area (Å²) in [6.45, 7) is 0.739. The summed E-state index contributed by atoms with van der Waals surface area (Å²) in [6, 6.07) is 18.2. The monoisotopic (exact) mass is 367 g/mol. The Hall–Kier alpha value is -2.33. The fraction of sp³-hybridized carbons (Fsp3) is 0.333. The van der Waals surface area contributed by atoms with Crippen molar-refractivity contribution in [1.29, 1.82) is 0 Å². The molecule has 2 aromatic carbocycles. The highest BCUT2D eigenvalue weighted by molar-refractivity contribution is 6.30. The van der Waals surface area contributed by atoms with Crippen LogP contribution in [0.5, 0.6) is 0 Å². The molecule has 4 rings (SSSR count). The second-order valence-electron chi connectivity index (χ2n) is 7.31. The van der Waals surface area contributed by atoms with Crippen molar-refractivity contribution in [2.75, 3.05) is 13.6 Å². The van der Waals surface area contributed by atoms with E-state index in [0.717, 1.165) is 35.8 Å². The lowest BCUT2D eigenvalue weighted by Crippen LogP contribution is -2.44. The average molecular weight is 368 g/mol. The third-order valence-electron chi connectivity index (χ3n) is 5.37. The van der Waals surface area contributed by atoms with Gasteiger partial charge in [0, 0.05) is 18.6 Å². The van der Waals surface area contributed by atoms with Crippen LogP contribution in [0.2, 0.25) is 5.02 Å². The number of amidine groups is 1. The number of carbonyl (C=O) groups is 1. The first-order chi connectivity index (χ1) is 12.6. The highest BCUT2D eigenvalue weighted by Crippen LogP contribution is 2.41. The van der Waals surface area contributed by atoms with Gasteiger partial charge in [0.05, 0.1) is 0 Å². The Kier molecular flexibility index (Phi) is 4.45. The third-order valence-corrected chi connectivity index (χ3v) is 5.62. The Morgan fingerprint density at radius 1 is 1.15 bits per heavy atom. The predicted octanol–water partition coefficient (Wildman–Crippen LogP) is 3.51. The van der Waals surface area contributed by atoms with Gasteiger partial charge in [0.25, 0.3) is 5.91 Å². The van der Waals surface area contributed by atoms with E-state index in [1.807, 2.05) is 30.3 Å². The highest BCUT2D eigenvalue weighted by Gasteiger charge is 2.53. The molecule has 0 bridgehead atoms. The van der Waals surface area contributed by atoms with Gasteiger partial charge in [0.1, 0.15) is 11.3 Å². The van der Waals surface area contributed by atoms with Crippen molar-refractivity contribution in [3.63, 3.8) is 0 Å². The van der Waals surface area contributed by atoms with Crippen molar-refractivity contribution in [1.82, 2.24) is 10.4 Å². The fourth-order valence-corrected chi connectivity index (χ4v) is 4.28. The minimum Gasteiger partial charge on any atom is -0.282 e. The zero-order valence-corrected chi connectivity index (χ0v) is 15.5. The van der Waals surface area contributed by atoms with Gasteiger partial charge in [-0.25, -0.2) is 0 Å². The molecule has 2 atom stereocenters. The quantitative estimate of drug-likeness (QED) is 0.898. The lowest BCUT2D eigenvalue weighted by Gasteiger charge is -2.34. The van der Waals surface area contributed by atoms with Crippen molar-refractivity contribution in [3.8, 4) is 0 Å². The summed E-state index contributed by atoms with van der Waals surface area (Å²) >= 11 is 5.99. The van der Waals surface area contributed by atoms with E-state index in [1.54, 1.807) is 12.1 Å². The van der Waals surface area contributed by atoms with Crippen LogP contribution in [0.1, 0.15) is 17.5 Å². The zero-order chi connectivity index (χ0) is 18.1. The number of nitrogens with zero attached hydrogens (tertiary/aromatic N) is 2. The lowest BCUT2D eigenvalue weighted by atomic mass is 9.71. The molecule has 2 heterocycles. The SMILES string of the molecule is CN1NC2=NCC(Cc3ccc(Cl)cc3)CC2(Cc2ccccc2)C1=O. The molecule has 1 amide bonds. The van der Waals surface area contributed by atoms with Crippen molar-refractivity contribution < 1.29 is 4.79 Å². The average Bonchev–Trinajstić information content (AvgIpc) is 2.89. The summed E-state index contributed by atoms with van der Waals surface area (Å²) in [5.74, 6) is 1.27. The molecule has 26 heavy (non-hydrogen) atoms. The van der Waals surface area contributed by atoms with E-state index in [2.05, 4.69) is 29.7 Å². The van der Waals surface area contributed by atoms with Crippen molar-refractivity contribution in [2.24, 2.45) is 16.3 Å². The molecule has 0 spiro atoms. The minimum absolute atomic E-state index is 0.112. The van der Waals surface area contributed by atoms with E-state index in [-0.39, 0.29) is 5.91 Å². The van der Waals surface area contributed by atoms with E-state index < -0.39 is 5.41 Å². The molecule has 2 aromatic rings. The van der Waals surface area contributed by atoms with Crippen LogP contribution in [0.4, 0.5) is 0 Å². The normalized spacial score (nSPS) is 24.8. The molecule has 2 aliphatic heterocycles. The molecular weight excluding hydrogens is 346 g/mol. The molecule has 0 aromatic heterocycles. The molecule has 134 valence electrons. The molecule has 0 aliphatic carbocycles. The molecule has 0 saturated carbocycles. The largest absolute Gasteiger partial charge is 0.282 e. The standard InChI is InChI=1S/C21H22ClN3O/c1-25-20(26)21(12-16-5-3-2-4-6-16)13-17(14-23-19(21)24-25)11-15-7-9-18(22)10-8-15/h2-10,17H,11-14H2,1H3,(H,23,24). The number of aliphatic imine (C=N–C) groups is 1. The zero-order valence-electron chi connectivity index (χ0n) is 14.8. The summed E-state index contributed by atoms with van der Waals surface area (Å²) in [4.78, 5) is 17.8. The number of nitrogens with one attached hydrogen (secondary N) is 1. The third kappa shape index (κ3) is 3.10. The summed E-state index contributed by atoms with van der Waals surface area (Å²) in [5.41, 5.74) is 5.00. The molecule has 4 nitrogen and oxygen atoms in total. The van der Waals surface area contributed by atoms with Crippen molar-refractivity contribution in [2.45, 2.75) is 19.3 Å². The van der Waals surface area contributed by atoms with Crippen LogP contribution in [0.3, 0.4) is 0 Å². The Bertz CT molecular complexity index is 834. The van der Waals surface area contributed by atoms with Crippen LogP contribution >= 0.6 is 11.6 Å². The van der Waals surface area contributed by atoms with Gasteiger partial charge in [-0.1, -0.05) is 54.1 Å². The van der Waals surface area contributed by atoms with Crippen molar-refractivity contribution in [3.05, 3.63) is 70.7 Å². The first kappa shape index (κ1) is 17.1. The van der Waals surface area contributed by atoms with Gasteiger partial charge in [-0.2, -0.15) is 0 Å². The van der Waals surface area contributed by atoms with Gasteiger partial charge in [-0.15, -0.1) is 0 Å². The lowest BCUT2D eigenvalue weighted by molar-refractivity contribution is -0.136. The molecule has 2 unspecified atom stereocenters. The Morgan fingerprint density at radius 2 is 1.88 bits per heavy atom. The van der Waals surface area contributed by atoms with Crippen LogP contribution < -0.4 is 5.43 Å². The van der Waals surface area contributed by atoms with Crippen LogP contribution in [0.15, 0.2) is 59.6 Å². The van der Waals surface area contributed by atoms with Crippen LogP contribution in [0.25, 0.3) is 0 Å². The fourth-order valence-electron chi connectivity index (χ4n) is 4.15. The number of fused-ring (bicyclic) bond motifs is 1. The number of hydrazine groups is 1. The van der Waals surface area contributed by atoms with E-state index in [4.69, 9.17) is 16.6 Å². The number of hydrogen-bond donors (Lipinski definition) is 1. The molecule has 1 saturated heterocycles.